The highest BCUT2D eigenvalue weighted by Crippen LogP contribution is 2.52. The number of ether oxygens (including phenoxy) is 2. The van der Waals surface area contributed by atoms with E-state index in [4.69, 9.17) is 9.47 Å². The van der Waals surface area contributed by atoms with Gasteiger partial charge < -0.3 is 24.8 Å². The average Bonchev–Trinajstić information content (AvgIpc) is 3.36. The third-order valence-electron chi connectivity index (χ3n) is 6.52. The van der Waals surface area contributed by atoms with Crippen LogP contribution in [0.1, 0.15) is 36.6 Å². The van der Waals surface area contributed by atoms with Gasteiger partial charge in [-0.25, -0.2) is 9.59 Å². The van der Waals surface area contributed by atoms with Crippen LogP contribution in [-0.4, -0.2) is 65.4 Å². The topological polar surface area (TPSA) is 189 Å². The maximum absolute atomic E-state index is 12.8. The highest BCUT2D eigenvalue weighted by Gasteiger charge is 2.65. The normalized spacial score (nSPS) is 31.8. The Morgan fingerprint density at radius 2 is 1.67 bits per heavy atom. The van der Waals surface area contributed by atoms with E-state index in [1.165, 1.54) is 26.2 Å². The summed E-state index contributed by atoms with van der Waals surface area (Å²) in [6, 6.07) is 0. The van der Waals surface area contributed by atoms with E-state index in [9.17, 15) is 34.5 Å². The zero-order valence-corrected chi connectivity index (χ0v) is 18.1. The molecule has 2 aliphatic rings. The lowest BCUT2D eigenvalue weighted by molar-refractivity contribution is -0.250. The summed E-state index contributed by atoms with van der Waals surface area (Å²) in [5.74, 6) is 0. The lowest BCUT2D eigenvalue weighted by Crippen LogP contribution is -2.63. The van der Waals surface area contributed by atoms with E-state index in [0.29, 0.717) is 0 Å². The molecule has 13 nitrogen and oxygen atoms in total. The van der Waals surface area contributed by atoms with Gasteiger partial charge >= 0.3 is 11.4 Å². The number of aromatic amines is 2. The summed E-state index contributed by atoms with van der Waals surface area (Å²) in [6.07, 6.45) is -0.605. The van der Waals surface area contributed by atoms with Gasteiger partial charge in [-0.3, -0.25) is 28.7 Å². The third kappa shape index (κ3) is 3.52. The quantitative estimate of drug-likeness (QED) is 0.318. The molecule has 0 unspecified atom stereocenters. The van der Waals surface area contributed by atoms with Crippen molar-refractivity contribution in [2.24, 2.45) is 0 Å². The van der Waals surface area contributed by atoms with E-state index in [-0.39, 0.29) is 37.0 Å². The van der Waals surface area contributed by atoms with Gasteiger partial charge in [0.05, 0.1) is 19.3 Å². The smallest absolute Gasteiger partial charge is 0.330 e. The van der Waals surface area contributed by atoms with Crippen molar-refractivity contribution in [1.82, 2.24) is 19.1 Å². The van der Waals surface area contributed by atoms with Crippen LogP contribution in [0.5, 0.6) is 0 Å². The van der Waals surface area contributed by atoms with Gasteiger partial charge in [0.25, 0.3) is 11.1 Å². The Labute approximate surface area is 185 Å². The Morgan fingerprint density at radius 1 is 1.03 bits per heavy atom. The predicted molar refractivity (Wildman–Crippen MR) is 112 cm³/mol. The summed E-state index contributed by atoms with van der Waals surface area (Å²) in [5.41, 5.74) is -6.28. The Hall–Kier alpha value is -2.84. The molecule has 0 bridgehead atoms. The van der Waals surface area contributed by atoms with Crippen molar-refractivity contribution in [2.45, 2.75) is 62.9 Å². The minimum atomic E-state index is -2.06. The molecule has 2 aromatic rings. The van der Waals surface area contributed by atoms with Gasteiger partial charge in [0.15, 0.2) is 5.72 Å². The van der Waals surface area contributed by atoms with Crippen molar-refractivity contribution in [3.63, 3.8) is 0 Å². The van der Waals surface area contributed by atoms with Crippen molar-refractivity contribution in [1.29, 1.82) is 0 Å². The maximum atomic E-state index is 12.8. The van der Waals surface area contributed by atoms with E-state index in [1.807, 2.05) is 0 Å². The van der Waals surface area contributed by atoms with Crippen LogP contribution in [0.4, 0.5) is 0 Å². The molecule has 2 saturated heterocycles. The summed E-state index contributed by atoms with van der Waals surface area (Å²) in [6.45, 7) is 1.90. The minimum absolute atomic E-state index is 0.0479. The molecule has 5 N–H and O–H groups in total. The molecule has 0 saturated carbocycles. The second kappa shape index (κ2) is 8.18. The first-order valence-corrected chi connectivity index (χ1v) is 10.5. The van der Waals surface area contributed by atoms with Crippen LogP contribution in [0.3, 0.4) is 0 Å². The number of hydrogen-bond donors (Lipinski definition) is 5. The molecule has 2 aromatic heterocycles. The number of nitrogens with one attached hydrogen (secondary N) is 2. The zero-order valence-electron chi connectivity index (χ0n) is 18.1. The van der Waals surface area contributed by atoms with Gasteiger partial charge in [-0.15, -0.1) is 0 Å². The second-order valence-corrected chi connectivity index (χ2v) is 8.56. The van der Waals surface area contributed by atoms with Gasteiger partial charge in [-0.1, -0.05) is 0 Å². The molecule has 4 heterocycles. The fourth-order valence-electron chi connectivity index (χ4n) is 4.74. The molecule has 0 aromatic carbocycles. The Kier molecular flexibility index (Phi) is 5.78. The van der Waals surface area contributed by atoms with Crippen LogP contribution in [0.15, 0.2) is 31.6 Å². The van der Waals surface area contributed by atoms with Crippen LogP contribution in [-0.2, 0) is 15.2 Å². The molecule has 13 heteroatoms. The highest BCUT2D eigenvalue weighted by molar-refractivity contribution is 5.13. The standard InChI is InChI=1S/C20H26N4O9/c1-10-6-23(17(29)21-15(10)27)14-5-19(31,13(9-26)32-14)20(4-3-12(8-25)33-20)24-7-11(2)16(28)22-18(24)30/h6-7,12-14,25-26,31H,3-5,8-9H2,1-2H3,(H,21,27,29)(H,22,28,30)/t12-,13+,14+,19-,20-/m0/s1. The Balaban J connectivity index is 1.88. The summed E-state index contributed by atoms with van der Waals surface area (Å²) in [5, 5.41) is 31.7. The van der Waals surface area contributed by atoms with Crippen molar-refractivity contribution >= 4 is 0 Å². The van der Waals surface area contributed by atoms with Gasteiger partial charge in [0, 0.05) is 36.4 Å². The van der Waals surface area contributed by atoms with Crippen LogP contribution in [0, 0.1) is 13.8 Å². The first-order chi connectivity index (χ1) is 15.6. The summed E-state index contributed by atoms with van der Waals surface area (Å²) < 4.78 is 14.0. The highest BCUT2D eigenvalue weighted by atomic mass is 16.6. The van der Waals surface area contributed by atoms with Gasteiger partial charge in [0.1, 0.15) is 17.9 Å². The molecule has 33 heavy (non-hydrogen) atoms. The van der Waals surface area contributed by atoms with Crippen molar-refractivity contribution in [2.75, 3.05) is 13.2 Å². The predicted octanol–water partition coefficient (Wildman–Crippen LogP) is -2.46. The largest absolute Gasteiger partial charge is 0.394 e. The Morgan fingerprint density at radius 3 is 2.27 bits per heavy atom. The number of H-pyrrole nitrogens is 2. The van der Waals surface area contributed by atoms with Gasteiger partial charge in [-0.05, 0) is 20.3 Å². The molecule has 180 valence electrons. The first-order valence-electron chi connectivity index (χ1n) is 10.5. The van der Waals surface area contributed by atoms with Crippen LogP contribution < -0.4 is 22.5 Å². The molecule has 0 amide bonds. The van der Waals surface area contributed by atoms with Crippen LogP contribution >= 0.6 is 0 Å². The number of hydrogen-bond acceptors (Lipinski definition) is 9. The third-order valence-corrected chi connectivity index (χ3v) is 6.52. The number of nitrogens with zero attached hydrogens (tertiary/aromatic N) is 2. The van der Waals surface area contributed by atoms with E-state index < -0.39 is 58.9 Å². The molecule has 2 aliphatic heterocycles. The molecule has 4 rings (SSSR count). The molecular weight excluding hydrogens is 440 g/mol. The number of aliphatic hydroxyl groups excluding tert-OH is 2. The molecule has 0 aliphatic carbocycles. The minimum Gasteiger partial charge on any atom is -0.394 e. The summed E-state index contributed by atoms with van der Waals surface area (Å²) in [7, 11) is 0. The number of aryl methyl sites for hydroxylation is 2. The first kappa shape index (κ1) is 23.3. The van der Waals surface area contributed by atoms with E-state index >= 15 is 0 Å². The molecule has 0 spiro atoms. The van der Waals surface area contributed by atoms with Gasteiger partial charge in [-0.2, -0.15) is 0 Å². The fourth-order valence-corrected chi connectivity index (χ4v) is 4.74. The molecule has 5 atom stereocenters. The van der Waals surface area contributed by atoms with Gasteiger partial charge in [0.2, 0.25) is 0 Å². The molecule has 0 radical (unpaired) electrons. The zero-order chi connectivity index (χ0) is 24.1. The second-order valence-electron chi connectivity index (χ2n) is 8.56. The summed E-state index contributed by atoms with van der Waals surface area (Å²) in [4.78, 5) is 53.3. The summed E-state index contributed by atoms with van der Waals surface area (Å²) >= 11 is 0. The SMILES string of the molecule is Cc1cn([C@H]2C[C@@](O)([C@]3(n4cc(C)c(=O)[nH]c4=O)CC[C@@H](CO)O3)[C@@H](CO)O2)c(=O)[nH]c1=O. The van der Waals surface area contributed by atoms with Crippen molar-refractivity contribution in [3.8, 4) is 0 Å². The molecular formula is C20H26N4O9. The van der Waals surface area contributed by atoms with Crippen LogP contribution in [0.25, 0.3) is 0 Å². The molecule has 2 fully saturated rings. The van der Waals surface area contributed by atoms with E-state index in [0.717, 1.165) is 9.13 Å². The number of aromatic nitrogens is 4. The lowest BCUT2D eigenvalue weighted by atomic mass is 9.81. The van der Waals surface area contributed by atoms with E-state index in [1.54, 1.807) is 0 Å². The Bertz CT molecular complexity index is 1290. The maximum Gasteiger partial charge on any atom is 0.330 e. The number of aliphatic hydroxyl groups is 3. The van der Waals surface area contributed by atoms with Crippen molar-refractivity contribution < 1.29 is 24.8 Å². The monoisotopic (exact) mass is 466 g/mol. The van der Waals surface area contributed by atoms with Crippen LogP contribution in [0.2, 0.25) is 0 Å². The van der Waals surface area contributed by atoms with E-state index in [2.05, 4.69) is 9.97 Å². The van der Waals surface area contributed by atoms with Crippen molar-refractivity contribution in [3.05, 3.63) is 65.2 Å². The fraction of sp³-hybridized carbons (Fsp3) is 0.600. The lowest BCUT2D eigenvalue weighted by Gasteiger charge is -2.45. The average molecular weight is 466 g/mol. The number of rotatable bonds is 5.